The molecule has 0 fully saturated rings. The zero-order valence-corrected chi connectivity index (χ0v) is 45.9. The van der Waals surface area contributed by atoms with Gasteiger partial charge in [-0.1, -0.05) is 129 Å². The van der Waals surface area contributed by atoms with Crippen LogP contribution in [0.4, 0.5) is 0 Å². The number of benzene rings is 4. The second kappa shape index (κ2) is 32.8. The van der Waals surface area contributed by atoms with Crippen LogP contribution in [-0.2, 0) is 67.3 Å². The predicted octanol–water partition coefficient (Wildman–Crippen LogP) is 14.6. The third-order valence-electron chi connectivity index (χ3n) is 10.3. The summed E-state index contributed by atoms with van der Waals surface area (Å²) in [6, 6.07) is 37.0. The Morgan fingerprint density at radius 1 is 0.641 bits per heavy atom. The molecule has 2 aromatic heterocycles. The minimum Gasteiger partial charge on any atom is -0.429 e. The number of halogens is 1. The van der Waals surface area contributed by atoms with Crippen LogP contribution in [-0.4, -0.2) is 34.3 Å². The summed E-state index contributed by atoms with van der Waals surface area (Å²) < 4.78 is 8.80. The Balaban J connectivity index is 0.000000272. The Morgan fingerprint density at radius 3 is 1.66 bits per heavy atom. The molecule has 2 heterocycles. The molecular formula is C56H63BBrN2O2W2. The van der Waals surface area contributed by atoms with Crippen LogP contribution in [0, 0.1) is 24.3 Å². The number of aromatic nitrogens is 2. The summed E-state index contributed by atoms with van der Waals surface area (Å²) in [6.45, 7) is 6.59. The molecule has 1 N–H and O–H groups in total. The zero-order chi connectivity index (χ0) is 44.4. The van der Waals surface area contributed by atoms with Gasteiger partial charge in [-0.25, -0.2) is 41.5 Å². The Morgan fingerprint density at radius 2 is 1.17 bits per heavy atom. The van der Waals surface area contributed by atoms with Crippen molar-refractivity contribution in [3.63, 3.8) is 0 Å². The van der Waals surface area contributed by atoms with E-state index in [4.69, 9.17) is 5.02 Å². The van der Waals surface area contributed by atoms with Crippen molar-refractivity contribution in [1.29, 1.82) is 0 Å². The van der Waals surface area contributed by atoms with Crippen molar-refractivity contribution < 1.29 is 51.8 Å². The maximum absolute atomic E-state index is 7.72. The first-order valence-electron chi connectivity index (χ1n) is 21.9. The van der Waals surface area contributed by atoms with Gasteiger partial charge < -0.3 is 18.8 Å². The number of allylic oxidation sites excluding steroid dienone is 13. The molecular weight excluding hydrogens is 1190 g/mol. The van der Waals surface area contributed by atoms with E-state index in [9.17, 15) is 0 Å². The van der Waals surface area contributed by atoms with Crippen LogP contribution in [0.25, 0.3) is 44.4 Å². The van der Waals surface area contributed by atoms with Gasteiger partial charge in [0.2, 0.25) is 0 Å². The number of rotatable bonds is 4. The van der Waals surface area contributed by atoms with E-state index >= 15 is 0 Å². The molecule has 0 saturated heterocycles. The van der Waals surface area contributed by atoms with Gasteiger partial charge in [-0.2, -0.15) is 48.6 Å². The van der Waals surface area contributed by atoms with Gasteiger partial charge in [0, 0.05) is 59.1 Å². The number of hydrogen-bond acceptors (Lipinski definition) is 2. The average molecular weight is 1250 g/mol. The fraction of sp³-hybridized carbons (Fsp3) is 0.286. The number of alkyl halides is 1. The van der Waals surface area contributed by atoms with Gasteiger partial charge in [-0.05, 0) is 55.4 Å². The van der Waals surface area contributed by atoms with Crippen LogP contribution in [0.3, 0.4) is 0 Å². The molecule has 4 aromatic carbocycles. The molecule has 0 aliphatic heterocycles. The first kappa shape index (κ1) is 56.4. The van der Waals surface area contributed by atoms with E-state index in [2.05, 4.69) is 197 Å². The first-order valence-corrected chi connectivity index (χ1v) is 23.5. The number of nitrogens with zero attached hydrogens (tertiary/aromatic N) is 2. The van der Waals surface area contributed by atoms with E-state index in [1.807, 2.05) is 36.2 Å². The summed E-state index contributed by atoms with van der Waals surface area (Å²) in [5.41, 5.74) is 11.9. The van der Waals surface area contributed by atoms with Crippen LogP contribution in [0.15, 0.2) is 151 Å². The van der Waals surface area contributed by atoms with E-state index in [0.29, 0.717) is 14.3 Å². The summed E-state index contributed by atoms with van der Waals surface area (Å²) in [4.78, 5) is 0. The van der Waals surface area contributed by atoms with Crippen molar-refractivity contribution in [1.82, 2.24) is 9.13 Å². The monoisotopic (exact) mass is 1250 g/mol. The van der Waals surface area contributed by atoms with Crippen molar-refractivity contribution in [3.05, 3.63) is 192 Å². The standard InChI is InChI=1S/C13H13N.C13H11N.C12H12.C12H10.C3H8.C2H6BO2.CH3Br.2W/c2*1-14-12-8-4-2-6-10(12)11-7-3-5-9-13(11)14;2*1-3-7-11(8-4-1)12-9-5-2-6-10-12;1-3-2;1-2-5-3-4;1-2;;/h2,4-6,8-9H,3,7H2,1H3;2-9H,1H3;1,3,5,10H,2,4,6,8H2;1-5,7H,6,10H2;3H2,1-2H3;4H,2H2,1H3;1H3;;/q;;2*-2;;;;2*+2. The van der Waals surface area contributed by atoms with E-state index < -0.39 is 0 Å². The molecule has 1 radical (unpaired) electrons. The average Bonchev–Trinajstić information content (AvgIpc) is 3.82. The SMILES string of the molecule is CBr.CCC.CCO[B]O.Cn1c2c(c3ccccc31)CCC=C2.Cn1c2ccccc2c2ccccc21.[C-]1=C(c2[c-]cccc2)CCC=C1.[C-]1=CCCC=C1C1=[C-]C=CCC1.[W+2].[W+2]. The zero-order valence-electron chi connectivity index (χ0n) is 38.4. The van der Waals surface area contributed by atoms with Crippen molar-refractivity contribution in [3.8, 4) is 0 Å². The molecule has 8 heteroatoms. The number of fused-ring (bicyclic) bond motifs is 6. The van der Waals surface area contributed by atoms with Crippen LogP contribution in [0.1, 0.15) is 89.0 Å². The fourth-order valence-corrected chi connectivity index (χ4v) is 7.43. The molecule has 4 aliphatic carbocycles. The molecule has 64 heavy (non-hydrogen) atoms. The Labute approximate surface area is 422 Å². The van der Waals surface area contributed by atoms with E-state index in [1.165, 1.54) is 85.5 Å². The molecule has 4 nitrogen and oxygen atoms in total. The smallest absolute Gasteiger partial charge is 0.429 e. The molecule has 0 atom stereocenters. The largest absolute Gasteiger partial charge is 2.00 e. The topological polar surface area (TPSA) is 39.3 Å². The fourth-order valence-electron chi connectivity index (χ4n) is 7.43. The van der Waals surface area contributed by atoms with Gasteiger partial charge >= 0.3 is 49.8 Å². The third kappa shape index (κ3) is 16.9. The molecule has 6 aromatic rings. The van der Waals surface area contributed by atoms with E-state index in [-0.39, 0.29) is 42.1 Å². The van der Waals surface area contributed by atoms with Gasteiger partial charge in [0.05, 0.1) is 0 Å². The van der Waals surface area contributed by atoms with Crippen LogP contribution in [0.5, 0.6) is 0 Å². The van der Waals surface area contributed by atoms with Gasteiger partial charge in [0.25, 0.3) is 0 Å². The minimum atomic E-state index is 0. The predicted molar refractivity (Wildman–Crippen MR) is 272 cm³/mol. The second-order valence-electron chi connectivity index (χ2n) is 14.7. The molecule has 331 valence electrons. The Kier molecular flexibility index (Phi) is 28.9. The Bertz CT molecular complexity index is 2420. The van der Waals surface area contributed by atoms with Gasteiger partial charge in [0.15, 0.2) is 0 Å². The van der Waals surface area contributed by atoms with Crippen molar-refractivity contribution >= 4 is 68.0 Å². The molecule has 0 spiro atoms. The minimum absolute atomic E-state index is 0. The van der Waals surface area contributed by atoms with Crippen molar-refractivity contribution in [2.75, 3.05) is 12.4 Å². The number of aryl methyl sites for hydroxylation is 3. The van der Waals surface area contributed by atoms with E-state index in [0.717, 1.165) is 38.5 Å². The quantitative estimate of drug-likeness (QED) is 0.109. The molecule has 0 amide bonds. The molecule has 0 unspecified atom stereocenters. The first-order chi connectivity index (χ1) is 30.5. The molecule has 10 rings (SSSR count). The summed E-state index contributed by atoms with van der Waals surface area (Å²) in [7, 11) is 4.95. The maximum atomic E-state index is 7.72. The van der Waals surface area contributed by atoms with Gasteiger partial charge in [-0.3, -0.25) is 11.1 Å². The molecule has 0 saturated carbocycles. The normalized spacial score (nSPS) is 13.7. The summed E-state index contributed by atoms with van der Waals surface area (Å²) in [5, 5.41) is 11.8. The number of para-hydroxylation sites is 3. The molecule has 0 bridgehead atoms. The summed E-state index contributed by atoms with van der Waals surface area (Å²) in [5.74, 6) is 1.81. The van der Waals surface area contributed by atoms with Gasteiger partial charge in [-0.15, -0.1) is 12.5 Å². The Hall–Kier alpha value is -3.76. The number of hydrogen-bond donors (Lipinski definition) is 1. The van der Waals surface area contributed by atoms with Crippen LogP contribution < -0.4 is 0 Å². The van der Waals surface area contributed by atoms with Gasteiger partial charge in [0.1, 0.15) is 0 Å². The van der Waals surface area contributed by atoms with E-state index in [1.54, 1.807) is 6.92 Å². The van der Waals surface area contributed by atoms with Crippen LogP contribution in [0.2, 0.25) is 0 Å². The summed E-state index contributed by atoms with van der Waals surface area (Å²) in [6.07, 6.45) is 37.5. The van der Waals surface area contributed by atoms with Crippen molar-refractivity contribution in [2.24, 2.45) is 14.1 Å². The van der Waals surface area contributed by atoms with Crippen molar-refractivity contribution in [2.45, 2.75) is 78.6 Å². The second-order valence-corrected chi connectivity index (χ2v) is 14.7. The third-order valence-corrected chi connectivity index (χ3v) is 10.3. The maximum Gasteiger partial charge on any atom is 2.00 e. The van der Waals surface area contributed by atoms with Crippen LogP contribution >= 0.6 is 15.9 Å². The summed E-state index contributed by atoms with van der Waals surface area (Å²) >= 11 is 2.94. The molecule has 4 aliphatic rings.